The highest BCUT2D eigenvalue weighted by atomic mass is 19.1. The molecule has 0 saturated carbocycles. The fourth-order valence-corrected chi connectivity index (χ4v) is 0.988. The molecule has 0 bridgehead atoms. The maximum Gasteiger partial charge on any atom is 0.123 e. The van der Waals surface area contributed by atoms with Crippen LogP contribution in [0.1, 0.15) is 13.3 Å². The number of hydrogen-bond donors (Lipinski definition) is 1. The minimum atomic E-state index is -0.203. The summed E-state index contributed by atoms with van der Waals surface area (Å²) < 4.78 is 12.5. The molecular weight excluding hydrogens is 165 g/mol. The number of benzene rings is 1. The highest BCUT2D eigenvalue weighted by molar-refractivity contribution is 5.42. The topological polar surface area (TPSA) is 12.0 Å². The Morgan fingerprint density at radius 2 is 2.00 bits per heavy atom. The molecule has 1 aromatic carbocycles. The molecular formula is C11H14FN. The smallest absolute Gasteiger partial charge is 0.123 e. The fraction of sp³-hybridized carbons (Fsp3) is 0.273. The third-order valence-corrected chi connectivity index (χ3v) is 1.73. The summed E-state index contributed by atoms with van der Waals surface area (Å²) in [7, 11) is 0. The molecule has 0 aliphatic carbocycles. The molecule has 0 aliphatic heterocycles. The monoisotopic (exact) mass is 179 g/mol. The lowest BCUT2D eigenvalue weighted by Crippen LogP contribution is -2.01. The largest absolute Gasteiger partial charge is 0.385 e. The van der Waals surface area contributed by atoms with Gasteiger partial charge < -0.3 is 5.32 Å². The Bertz CT molecular complexity index is 277. The first-order valence-electron chi connectivity index (χ1n) is 4.32. The Labute approximate surface area is 78.3 Å². The molecule has 1 N–H and O–H groups in total. The quantitative estimate of drug-likeness (QED) is 0.700. The summed E-state index contributed by atoms with van der Waals surface area (Å²) in [4.78, 5) is 0. The van der Waals surface area contributed by atoms with Crippen LogP contribution >= 0.6 is 0 Å². The number of hydrogen-bond acceptors (Lipinski definition) is 1. The van der Waals surface area contributed by atoms with Crippen LogP contribution in [0.4, 0.5) is 10.1 Å². The second-order valence-corrected chi connectivity index (χ2v) is 3.14. The van der Waals surface area contributed by atoms with E-state index in [4.69, 9.17) is 0 Å². The molecule has 0 atom stereocenters. The van der Waals surface area contributed by atoms with E-state index in [2.05, 4.69) is 11.9 Å². The van der Waals surface area contributed by atoms with Gasteiger partial charge >= 0.3 is 0 Å². The maximum atomic E-state index is 12.5. The van der Waals surface area contributed by atoms with Crippen LogP contribution in [0, 0.1) is 5.82 Å². The summed E-state index contributed by atoms with van der Waals surface area (Å²) in [5.41, 5.74) is 2.09. The van der Waals surface area contributed by atoms with Crippen molar-refractivity contribution in [1.29, 1.82) is 0 Å². The van der Waals surface area contributed by atoms with E-state index in [9.17, 15) is 4.39 Å². The van der Waals surface area contributed by atoms with Gasteiger partial charge in [-0.15, -0.1) is 6.58 Å². The molecule has 0 radical (unpaired) electrons. The molecule has 0 saturated heterocycles. The van der Waals surface area contributed by atoms with Crippen molar-refractivity contribution in [3.63, 3.8) is 0 Å². The molecule has 13 heavy (non-hydrogen) atoms. The van der Waals surface area contributed by atoms with E-state index in [0.717, 1.165) is 24.2 Å². The lowest BCUT2D eigenvalue weighted by atomic mass is 10.2. The molecule has 0 fully saturated rings. The first kappa shape index (κ1) is 9.78. The lowest BCUT2D eigenvalue weighted by Gasteiger charge is -2.05. The highest BCUT2D eigenvalue weighted by Crippen LogP contribution is 2.08. The maximum absolute atomic E-state index is 12.5. The van der Waals surface area contributed by atoms with Gasteiger partial charge in [-0.2, -0.15) is 0 Å². The number of halogens is 1. The fourth-order valence-electron chi connectivity index (χ4n) is 0.988. The van der Waals surface area contributed by atoms with Crippen LogP contribution in [0.15, 0.2) is 36.4 Å². The van der Waals surface area contributed by atoms with Crippen molar-refractivity contribution < 1.29 is 4.39 Å². The van der Waals surface area contributed by atoms with E-state index in [1.807, 2.05) is 6.92 Å². The third kappa shape index (κ3) is 3.74. The molecule has 1 nitrogen and oxygen atoms in total. The van der Waals surface area contributed by atoms with Gasteiger partial charge in [0.15, 0.2) is 0 Å². The summed E-state index contributed by atoms with van der Waals surface area (Å²) in [5.74, 6) is -0.203. The Hall–Kier alpha value is -1.31. The van der Waals surface area contributed by atoms with Gasteiger partial charge in [0.1, 0.15) is 5.82 Å². The molecule has 0 unspecified atom stereocenters. The third-order valence-electron chi connectivity index (χ3n) is 1.73. The normalized spacial score (nSPS) is 9.69. The Morgan fingerprint density at radius 1 is 1.38 bits per heavy atom. The first-order chi connectivity index (χ1) is 6.18. The molecule has 0 amide bonds. The summed E-state index contributed by atoms with van der Waals surface area (Å²) in [6, 6.07) is 6.35. The zero-order valence-electron chi connectivity index (χ0n) is 7.81. The van der Waals surface area contributed by atoms with Gasteiger partial charge in [0, 0.05) is 12.2 Å². The van der Waals surface area contributed by atoms with E-state index in [1.54, 1.807) is 12.1 Å². The second-order valence-electron chi connectivity index (χ2n) is 3.14. The van der Waals surface area contributed by atoms with Gasteiger partial charge in [-0.3, -0.25) is 0 Å². The minimum absolute atomic E-state index is 0.203. The van der Waals surface area contributed by atoms with Crippen LogP contribution in [-0.2, 0) is 0 Å². The number of rotatable bonds is 4. The Kier molecular flexibility index (Phi) is 3.50. The van der Waals surface area contributed by atoms with E-state index in [1.165, 1.54) is 12.1 Å². The van der Waals surface area contributed by atoms with Crippen LogP contribution in [0.25, 0.3) is 0 Å². The van der Waals surface area contributed by atoms with Crippen molar-refractivity contribution in [2.75, 3.05) is 11.9 Å². The van der Waals surface area contributed by atoms with Crippen LogP contribution in [0.2, 0.25) is 0 Å². The Morgan fingerprint density at radius 3 is 2.54 bits per heavy atom. The lowest BCUT2D eigenvalue weighted by molar-refractivity contribution is 0.628. The average molecular weight is 179 g/mol. The molecule has 0 aromatic heterocycles. The Balaban J connectivity index is 2.37. The highest BCUT2D eigenvalue weighted by Gasteiger charge is 1.92. The zero-order chi connectivity index (χ0) is 9.68. The molecule has 2 heteroatoms. The summed E-state index contributed by atoms with van der Waals surface area (Å²) >= 11 is 0. The van der Waals surface area contributed by atoms with Gasteiger partial charge in [0.2, 0.25) is 0 Å². The summed E-state index contributed by atoms with van der Waals surface area (Å²) in [5, 5.41) is 3.18. The van der Waals surface area contributed by atoms with Gasteiger partial charge in [-0.1, -0.05) is 5.57 Å². The minimum Gasteiger partial charge on any atom is -0.385 e. The molecule has 70 valence electrons. The standard InChI is InChI=1S/C11H14FN/c1-9(2)7-8-13-11-5-3-10(12)4-6-11/h3-6,13H,1,7-8H2,2H3. The van der Waals surface area contributed by atoms with Gasteiger partial charge in [0.25, 0.3) is 0 Å². The summed E-state index contributed by atoms with van der Waals surface area (Å²) in [6.07, 6.45) is 0.942. The van der Waals surface area contributed by atoms with Crippen molar-refractivity contribution in [3.05, 3.63) is 42.2 Å². The first-order valence-corrected chi connectivity index (χ1v) is 4.32. The molecule has 0 aliphatic rings. The van der Waals surface area contributed by atoms with Gasteiger partial charge in [-0.05, 0) is 37.6 Å². The van der Waals surface area contributed by atoms with E-state index < -0.39 is 0 Å². The second kappa shape index (κ2) is 4.65. The van der Waals surface area contributed by atoms with Crippen LogP contribution < -0.4 is 5.32 Å². The van der Waals surface area contributed by atoms with Crippen molar-refractivity contribution >= 4 is 5.69 Å². The number of anilines is 1. The zero-order valence-corrected chi connectivity index (χ0v) is 7.81. The van der Waals surface area contributed by atoms with Gasteiger partial charge in [0.05, 0.1) is 0 Å². The SMILES string of the molecule is C=C(C)CCNc1ccc(F)cc1. The van der Waals surface area contributed by atoms with Crippen molar-refractivity contribution in [3.8, 4) is 0 Å². The van der Waals surface area contributed by atoms with Crippen molar-refractivity contribution in [2.45, 2.75) is 13.3 Å². The molecule has 0 heterocycles. The van der Waals surface area contributed by atoms with E-state index >= 15 is 0 Å². The average Bonchev–Trinajstić information content (AvgIpc) is 2.08. The van der Waals surface area contributed by atoms with Crippen LogP contribution in [-0.4, -0.2) is 6.54 Å². The van der Waals surface area contributed by atoms with Gasteiger partial charge in [-0.25, -0.2) is 4.39 Å². The van der Waals surface area contributed by atoms with Crippen LogP contribution in [0.5, 0.6) is 0 Å². The molecule has 1 aromatic rings. The number of nitrogens with one attached hydrogen (secondary N) is 1. The molecule has 1 rings (SSSR count). The van der Waals surface area contributed by atoms with Crippen molar-refractivity contribution in [1.82, 2.24) is 0 Å². The predicted octanol–water partition coefficient (Wildman–Crippen LogP) is 3.20. The molecule has 0 spiro atoms. The van der Waals surface area contributed by atoms with E-state index in [-0.39, 0.29) is 5.82 Å². The summed E-state index contributed by atoms with van der Waals surface area (Å²) in [6.45, 7) is 6.64. The predicted molar refractivity (Wildman–Crippen MR) is 54.3 cm³/mol. The van der Waals surface area contributed by atoms with Crippen molar-refractivity contribution in [2.24, 2.45) is 0 Å². The van der Waals surface area contributed by atoms with Crippen LogP contribution in [0.3, 0.4) is 0 Å². The van der Waals surface area contributed by atoms with E-state index in [0.29, 0.717) is 0 Å².